The predicted octanol–water partition coefficient (Wildman–Crippen LogP) is -0.695. The molecule has 16 heteroatoms. The molecule has 192 valence electrons. The summed E-state index contributed by atoms with van der Waals surface area (Å²) in [5.41, 5.74) is 6.00. The molecule has 2 atom stereocenters. The molecule has 3 N–H and O–H groups in total. The van der Waals surface area contributed by atoms with Crippen molar-refractivity contribution in [3.05, 3.63) is 58.3 Å². The lowest BCUT2D eigenvalue weighted by Gasteiger charge is -2.50. The number of carboxylic acids is 1. The quantitative estimate of drug-likeness (QED) is 0.118. The first-order chi connectivity index (χ1) is 17.8. The van der Waals surface area contributed by atoms with Crippen LogP contribution >= 0.6 is 34.7 Å². The number of nitrogens with one attached hydrogen (secondary N) is 1. The van der Waals surface area contributed by atoms with Crippen LogP contribution in [0.3, 0.4) is 0 Å². The molecule has 2 aliphatic heterocycles. The maximum atomic E-state index is 12.9. The van der Waals surface area contributed by atoms with Crippen molar-refractivity contribution in [1.29, 1.82) is 0 Å². The molecule has 1 saturated heterocycles. The van der Waals surface area contributed by atoms with Crippen molar-refractivity contribution in [3.63, 3.8) is 0 Å². The van der Waals surface area contributed by atoms with E-state index in [0.29, 0.717) is 5.15 Å². The molecule has 0 spiro atoms. The van der Waals surface area contributed by atoms with Crippen molar-refractivity contribution in [3.8, 4) is 0 Å². The van der Waals surface area contributed by atoms with E-state index in [0.717, 1.165) is 21.9 Å². The van der Waals surface area contributed by atoms with Gasteiger partial charge in [0.1, 0.15) is 48.1 Å². The number of hydrogen-bond acceptors (Lipinski definition) is 11. The van der Waals surface area contributed by atoms with E-state index in [1.807, 2.05) is 6.07 Å². The number of imidazole rings is 1. The Bertz CT molecular complexity index is 1480. The van der Waals surface area contributed by atoms with Crippen molar-refractivity contribution in [2.24, 2.45) is 5.16 Å². The fourth-order valence-corrected chi connectivity index (χ4v) is 5.98. The molecule has 0 unspecified atom stereocenters. The van der Waals surface area contributed by atoms with Gasteiger partial charge in [0.2, 0.25) is 6.73 Å². The Morgan fingerprint density at radius 3 is 2.95 bits per heavy atom. The normalized spacial score (nSPS) is 19.5. The number of carbonyl (C=O) groups excluding carboxylic acids is 3. The third kappa shape index (κ3) is 4.45. The van der Waals surface area contributed by atoms with Crippen molar-refractivity contribution < 1.29 is 33.5 Å². The molecule has 0 saturated carbocycles. The average molecular weight is 564 g/mol. The highest BCUT2D eigenvalue weighted by Crippen LogP contribution is 2.40. The van der Waals surface area contributed by atoms with E-state index in [2.05, 4.69) is 15.5 Å². The lowest BCUT2D eigenvalue weighted by molar-refractivity contribution is -0.508. The topological polar surface area (TPSA) is 168 Å². The van der Waals surface area contributed by atoms with E-state index >= 15 is 0 Å². The molecular formula is C21H18ClN7O6S2. The van der Waals surface area contributed by atoms with E-state index in [4.69, 9.17) is 26.9 Å². The molecule has 5 rings (SSSR count). The van der Waals surface area contributed by atoms with Gasteiger partial charge in [-0.15, -0.1) is 23.1 Å². The summed E-state index contributed by atoms with van der Waals surface area (Å²) in [6.07, 6.45) is 3.47. The van der Waals surface area contributed by atoms with Gasteiger partial charge in [-0.2, -0.15) is 8.97 Å². The monoisotopic (exact) mass is 563 g/mol. The van der Waals surface area contributed by atoms with Gasteiger partial charge in [0.05, 0.1) is 11.7 Å². The summed E-state index contributed by atoms with van der Waals surface area (Å²) < 4.78 is 9.27. The number of ether oxygens (including phenoxy) is 1. The SMILES string of the molecule is CO/N=C(\C(=O)N[C@@H]1C(=O)N2C(C(=O)[O-])=C(OCn3cc[n+]4c(Cl)cccc34)CS[C@@H]12)c1csc(N)n1. The van der Waals surface area contributed by atoms with Crippen molar-refractivity contribution in [1.82, 2.24) is 19.8 Å². The van der Waals surface area contributed by atoms with Crippen LogP contribution in [-0.2, 0) is 30.7 Å². The first-order valence-corrected chi connectivity index (χ1v) is 12.9. The zero-order chi connectivity index (χ0) is 26.3. The van der Waals surface area contributed by atoms with E-state index in [1.54, 1.807) is 33.5 Å². The standard InChI is InChI=1S/C21H18ClN7O6S2/c1-34-26-14(10-7-37-21(23)24-10)17(30)25-15-18(31)29-16(20(32)33)11(8-36-19(15)29)35-9-27-5-6-28-12(22)3-2-4-13(27)28/h2-7,15,19H,8-9H2,1H3,(H3-,23,24,25,30,32,33)/b26-14-/t15-,19+/m1/s1. The maximum absolute atomic E-state index is 12.9. The lowest BCUT2D eigenvalue weighted by atomic mass is 10.0. The number of nitrogens with zero attached hydrogens (tertiary/aromatic N) is 5. The first kappa shape index (κ1) is 24.9. The van der Waals surface area contributed by atoms with E-state index in [9.17, 15) is 19.5 Å². The number of carbonyl (C=O) groups is 3. The fourth-order valence-electron chi connectivity index (χ4n) is 3.94. The fraction of sp³-hybridized carbons (Fsp3) is 0.238. The Morgan fingerprint density at radius 2 is 2.24 bits per heavy atom. The third-order valence-corrected chi connectivity index (χ3v) is 7.83. The predicted molar refractivity (Wildman–Crippen MR) is 131 cm³/mol. The average Bonchev–Trinajstić information content (AvgIpc) is 3.50. The van der Waals surface area contributed by atoms with Gasteiger partial charge in [0.15, 0.2) is 16.0 Å². The Balaban J connectivity index is 1.32. The van der Waals surface area contributed by atoms with Gasteiger partial charge < -0.3 is 30.5 Å². The van der Waals surface area contributed by atoms with Crippen LogP contribution in [0.1, 0.15) is 5.69 Å². The molecule has 3 aromatic rings. The molecule has 3 aromatic heterocycles. The smallest absolute Gasteiger partial charge is 0.290 e. The van der Waals surface area contributed by atoms with Gasteiger partial charge in [-0.1, -0.05) is 5.16 Å². The highest BCUT2D eigenvalue weighted by molar-refractivity contribution is 8.00. The second kappa shape index (κ2) is 9.91. The summed E-state index contributed by atoms with van der Waals surface area (Å²) in [7, 11) is 1.26. The van der Waals surface area contributed by atoms with Crippen LogP contribution in [0, 0.1) is 0 Å². The molecule has 5 heterocycles. The molecule has 37 heavy (non-hydrogen) atoms. The van der Waals surface area contributed by atoms with Gasteiger partial charge >= 0.3 is 0 Å². The summed E-state index contributed by atoms with van der Waals surface area (Å²) in [6.45, 7) is -0.0238. The molecule has 1 fully saturated rings. The number of hydrogen-bond donors (Lipinski definition) is 2. The van der Waals surface area contributed by atoms with Crippen LogP contribution < -0.4 is 20.6 Å². The number of fused-ring (bicyclic) bond motifs is 2. The highest BCUT2D eigenvalue weighted by atomic mass is 35.5. The van der Waals surface area contributed by atoms with Gasteiger partial charge in [-0.25, -0.2) is 4.98 Å². The summed E-state index contributed by atoms with van der Waals surface area (Å²) in [6, 6.07) is 4.33. The van der Waals surface area contributed by atoms with Gasteiger partial charge in [-0.05, 0) is 23.7 Å². The van der Waals surface area contributed by atoms with Gasteiger partial charge in [-0.3, -0.25) is 14.5 Å². The van der Waals surface area contributed by atoms with Crippen LogP contribution in [0.5, 0.6) is 0 Å². The van der Waals surface area contributed by atoms with E-state index in [1.165, 1.54) is 24.3 Å². The van der Waals surface area contributed by atoms with Crippen molar-refractivity contribution >= 4 is 69.0 Å². The Morgan fingerprint density at radius 1 is 1.43 bits per heavy atom. The zero-order valence-electron chi connectivity index (χ0n) is 19.0. The number of β-lactam (4-membered cyclic amide) rings is 1. The molecule has 2 aliphatic rings. The number of rotatable bonds is 8. The minimum Gasteiger partial charge on any atom is -0.543 e. The molecule has 0 radical (unpaired) electrons. The number of carboxylic acid groups (broad SMARTS) is 1. The number of pyridine rings is 1. The van der Waals surface area contributed by atoms with E-state index < -0.39 is 29.2 Å². The number of halogens is 1. The lowest BCUT2D eigenvalue weighted by Crippen LogP contribution is -2.71. The number of anilines is 1. The third-order valence-electron chi connectivity index (χ3n) is 5.60. The number of thioether (sulfide) groups is 1. The van der Waals surface area contributed by atoms with E-state index in [-0.39, 0.29) is 40.5 Å². The zero-order valence-corrected chi connectivity index (χ0v) is 21.4. The summed E-state index contributed by atoms with van der Waals surface area (Å²) >= 11 is 8.53. The molecule has 2 amide bonds. The first-order valence-electron chi connectivity index (χ1n) is 10.6. The maximum Gasteiger partial charge on any atom is 0.290 e. The minimum absolute atomic E-state index is 0.0238. The number of thiazole rings is 1. The Labute approximate surface area is 222 Å². The number of aliphatic carboxylic acids is 1. The molecule has 0 aromatic carbocycles. The number of oxime groups is 1. The minimum atomic E-state index is -1.56. The van der Waals surface area contributed by atoms with Crippen LogP contribution in [0.2, 0.25) is 5.15 Å². The Kier molecular flexibility index (Phi) is 6.66. The molecule has 0 aliphatic carbocycles. The largest absolute Gasteiger partial charge is 0.543 e. The number of nitrogens with two attached hydrogens (primary N) is 1. The molecule has 13 nitrogen and oxygen atoms in total. The van der Waals surface area contributed by atoms with Crippen LogP contribution in [0.25, 0.3) is 5.65 Å². The van der Waals surface area contributed by atoms with Crippen LogP contribution in [-0.4, -0.2) is 62.2 Å². The second-order valence-corrected chi connectivity index (χ2v) is 10.1. The van der Waals surface area contributed by atoms with Crippen LogP contribution in [0.15, 0.2) is 52.6 Å². The van der Waals surface area contributed by atoms with Crippen LogP contribution in [0.4, 0.5) is 5.13 Å². The number of nitrogen functional groups attached to an aromatic ring is 1. The van der Waals surface area contributed by atoms with Gasteiger partial charge in [0, 0.05) is 11.4 Å². The van der Waals surface area contributed by atoms with Crippen molar-refractivity contribution in [2.75, 3.05) is 18.6 Å². The number of aromatic nitrogens is 3. The summed E-state index contributed by atoms with van der Waals surface area (Å²) in [4.78, 5) is 47.6. The Hall–Kier alpha value is -3.82. The highest BCUT2D eigenvalue weighted by Gasteiger charge is 2.53. The van der Waals surface area contributed by atoms with Crippen molar-refractivity contribution in [2.45, 2.75) is 18.1 Å². The summed E-state index contributed by atoms with van der Waals surface area (Å²) in [5.74, 6) is -2.70. The second-order valence-electron chi connectivity index (χ2n) is 7.73. The molecule has 0 bridgehead atoms. The molecular weight excluding hydrogens is 546 g/mol. The van der Waals surface area contributed by atoms with Gasteiger partial charge in [0.25, 0.3) is 17.5 Å². The summed E-state index contributed by atoms with van der Waals surface area (Å²) in [5, 5.41) is 19.9. The number of amides is 2.